The lowest BCUT2D eigenvalue weighted by Gasteiger charge is -2.13. The lowest BCUT2D eigenvalue weighted by molar-refractivity contribution is -0.118. The van der Waals surface area contributed by atoms with E-state index in [-0.39, 0.29) is 17.5 Å². The molecule has 2 rings (SSSR count). The Labute approximate surface area is 176 Å². The maximum atomic E-state index is 12.3. The fourth-order valence-electron chi connectivity index (χ4n) is 2.25. The van der Waals surface area contributed by atoms with Crippen LogP contribution in [-0.4, -0.2) is 25.0 Å². The van der Waals surface area contributed by atoms with Crippen LogP contribution in [0.15, 0.2) is 40.9 Å². The van der Waals surface area contributed by atoms with Crippen LogP contribution in [0.1, 0.15) is 30.1 Å². The van der Waals surface area contributed by atoms with E-state index in [1.54, 1.807) is 30.3 Å². The zero-order chi connectivity index (χ0) is 19.8. The van der Waals surface area contributed by atoms with Gasteiger partial charge in [-0.3, -0.25) is 9.59 Å². The Morgan fingerprint density at radius 1 is 1.19 bits per heavy atom. The number of rotatable bonds is 8. The number of hydrogen-bond donors (Lipinski definition) is 2. The molecule has 0 bridgehead atoms. The van der Waals surface area contributed by atoms with Crippen molar-refractivity contribution in [3.63, 3.8) is 0 Å². The fourth-order valence-corrected chi connectivity index (χ4v) is 3.62. The van der Waals surface area contributed by atoms with Crippen molar-refractivity contribution in [2.45, 2.75) is 19.8 Å². The summed E-state index contributed by atoms with van der Waals surface area (Å²) < 4.78 is 6.03. The molecule has 0 aliphatic heterocycles. The molecule has 27 heavy (non-hydrogen) atoms. The van der Waals surface area contributed by atoms with Crippen LogP contribution in [0.25, 0.3) is 0 Å². The number of unbranched alkanes of at least 4 members (excludes halogenated alkanes) is 1. The third-order valence-electron chi connectivity index (χ3n) is 3.57. The second kappa shape index (κ2) is 10.5. The summed E-state index contributed by atoms with van der Waals surface area (Å²) in [5.41, 5.74) is 0.814. The number of para-hydroxylation sites is 1. The Morgan fingerprint density at radius 3 is 2.63 bits per heavy atom. The first-order valence-corrected chi connectivity index (χ1v) is 9.91. The molecule has 0 radical (unpaired) electrons. The van der Waals surface area contributed by atoms with Gasteiger partial charge in [0.25, 0.3) is 11.8 Å². The van der Waals surface area contributed by atoms with E-state index in [1.807, 2.05) is 6.92 Å². The lowest BCUT2D eigenvalue weighted by atomic mass is 10.1. The molecule has 0 fully saturated rings. The van der Waals surface area contributed by atoms with Crippen molar-refractivity contribution in [3.05, 3.63) is 56.5 Å². The summed E-state index contributed by atoms with van der Waals surface area (Å²) in [5, 5.41) is 6.27. The zero-order valence-electron chi connectivity index (χ0n) is 14.7. The molecule has 0 saturated heterocycles. The van der Waals surface area contributed by atoms with Crippen molar-refractivity contribution >= 4 is 56.6 Å². The van der Waals surface area contributed by atoms with Crippen LogP contribution in [0.4, 0.5) is 5.69 Å². The summed E-state index contributed by atoms with van der Waals surface area (Å²) in [6.45, 7) is 2.36. The number of carbonyl (C=O) groups excluding carboxylic acids is 2. The number of nitrogens with one attached hydrogen (secondary N) is 2. The summed E-state index contributed by atoms with van der Waals surface area (Å²) in [5.74, 6) is -0.327. The van der Waals surface area contributed by atoms with Crippen LogP contribution in [0.5, 0.6) is 5.75 Å². The van der Waals surface area contributed by atoms with Crippen molar-refractivity contribution in [1.82, 2.24) is 5.32 Å². The highest BCUT2D eigenvalue weighted by molar-refractivity contribution is 9.10. The van der Waals surface area contributed by atoms with Gasteiger partial charge in [-0.25, -0.2) is 0 Å². The van der Waals surface area contributed by atoms with Crippen LogP contribution < -0.4 is 15.4 Å². The molecule has 0 aliphatic rings. The Morgan fingerprint density at radius 2 is 1.93 bits per heavy atom. The smallest absolute Gasteiger partial charge is 0.262 e. The number of hydrogen-bond acceptors (Lipinski definition) is 3. The van der Waals surface area contributed by atoms with Gasteiger partial charge in [0.05, 0.1) is 20.7 Å². The van der Waals surface area contributed by atoms with Gasteiger partial charge >= 0.3 is 0 Å². The SMILES string of the molecule is CCCCNC(=O)c1ccccc1NC(=O)COc1c(Cl)cc(Cl)cc1Br. The third-order valence-corrected chi connectivity index (χ3v) is 4.66. The zero-order valence-corrected chi connectivity index (χ0v) is 17.7. The van der Waals surface area contributed by atoms with Crippen molar-refractivity contribution in [3.8, 4) is 5.75 Å². The Hall–Kier alpha value is -1.76. The second-order valence-electron chi connectivity index (χ2n) is 5.69. The van der Waals surface area contributed by atoms with Crippen LogP contribution in [0, 0.1) is 0 Å². The van der Waals surface area contributed by atoms with Crippen LogP contribution in [-0.2, 0) is 4.79 Å². The average molecular weight is 474 g/mol. The van der Waals surface area contributed by atoms with Gasteiger partial charge in [0, 0.05) is 11.6 Å². The van der Waals surface area contributed by atoms with Gasteiger partial charge in [-0.1, -0.05) is 48.7 Å². The molecule has 2 N–H and O–H groups in total. The van der Waals surface area contributed by atoms with Crippen molar-refractivity contribution < 1.29 is 14.3 Å². The highest BCUT2D eigenvalue weighted by Crippen LogP contribution is 2.36. The second-order valence-corrected chi connectivity index (χ2v) is 7.39. The van der Waals surface area contributed by atoms with Crippen LogP contribution in [0.3, 0.4) is 0 Å². The van der Waals surface area contributed by atoms with E-state index in [0.29, 0.717) is 33.0 Å². The molecule has 0 aliphatic carbocycles. The summed E-state index contributed by atoms with van der Waals surface area (Å²) in [6, 6.07) is 9.95. The lowest BCUT2D eigenvalue weighted by Crippen LogP contribution is -2.27. The van der Waals surface area contributed by atoms with Crippen molar-refractivity contribution in [2.75, 3.05) is 18.5 Å². The average Bonchev–Trinajstić information content (AvgIpc) is 2.61. The largest absolute Gasteiger partial charge is 0.481 e. The van der Waals surface area contributed by atoms with Crippen molar-refractivity contribution in [1.29, 1.82) is 0 Å². The van der Waals surface area contributed by atoms with Gasteiger partial charge in [0.1, 0.15) is 0 Å². The predicted octanol–water partition coefficient (Wildman–Crippen LogP) is 5.30. The third kappa shape index (κ3) is 6.41. The molecule has 0 atom stereocenters. The predicted molar refractivity (Wildman–Crippen MR) is 112 cm³/mol. The highest BCUT2D eigenvalue weighted by Gasteiger charge is 2.15. The maximum absolute atomic E-state index is 12.3. The van der Waals surface area contributed by atoms with E-state index in [2.05, 4.69) is 26.6 Å². The molecule has 8 heteroatoms. The number of amides is 2. The van der Waals surface area contributed by atoms with Gasteiger partial charge in [-0.2, -0.15) is 0 Å². The normalized spacial score (nSPS) is 10.4. The Kier molecular flexibility index (Phi) is 8.41. The first kappa shape index (κ1) is 21.5. The number of anilines is 1. The van der Waals surface area contributed by atoms with E-state index in [4.69, 9.17) is 27.9 Å². The van der Waals surface area contributed by atoms with E-state index >= 15 is 0 Å². The Bertz CT molecular complexity index is 807. The van der Waals surface area contributed by atoms with Gasteiger partial charge in [-0.05, 0) is 46.6 Å². The maximum Gasteiger partial charge on any atom is 0.262 e. The Balaban J connectivity index is 2.01. The minimum Gasteiger partial charge on any atom is -0.481 e. The molecule has 0 spiro atoms. The number of carbonyl (C=O) groups is 2. The first-order valence-electron chi connectivity index (χ1n) is 8.36. The topological polar surface area (TPSA) is 67.4 Å². The molecule has 0 saturated carbocycles. The van der Waals surface area contributed by atoms with E-state index < -0.39 is 5.91 Å². The van der Waals surface area contributed by atoms with E-state index in [1.165, 1.54) is 6.07 Å². The molecule has 2 amide bonds. The number of benzene rings is 2. The monoisotopic (exact) mass is 472 g/mol. The standard InChI is InChI=1S/C19H19BrCl2N2O3/c1-2-3-8-23-19(26)13-6-4-5-7-16(13)24-17(25)11-27-18-14(20)9-12(21)10-15(18)22/h4-7,9-10H,2-3,8,11H2,1H3,(H,23,26)(H,24,25). The van der Waals surface area contributed by atoms with E-state index in [0.717, 1.165) is 12.8 Å². The van der Waals surface area contributed by atoms with Crippen LogP contribution in [0.2, 0.25) is 10.0 Å². The summed E-state index contributed by atoms with van der Waals surface area (Å²) >= 11 is 15.3. The molecule has 0 heterocycles. The molecule has 0 unspecified atom stereocenters. The minimum atomic E-state index is -0.415. The quantitative estimate of drug-likeness (QED) is 0.511. The fraction of sp³-hybridized carbons (Fsp3) is 0.263. The summed E-state index contributed by atoms with van der Waals surface area (Å²) in [7, 11) is 0. The molecule has 144 valence electrons. The molecule has 2 aromatic rings. The van der Waals surface area contributed by atoms with Gasteiger partial charge in [-0.15, -0.1) is 0 Å². The number of ether oxygens (including phenoxy) is 1. The van der Waals surface area contributed by atoms with Crippen LogP contribution >= 0.6 is 39.1 Å². The van der Waals surface area contributed by atoms with Gasteiger partial charge in [0.2, 0.25) is 0 Å². The van der Waals surface area contributed by atoms with Gasteiger partial charge < -0.3 is 15.4 Å². The summed E-state index contributed by atoms with van der Waals surface area (Å²) in [6.07, 6.45) is 1.88. The number of halogens is 3. The summed E-state index contributed by atoms with van der Waals surface area (Å²) in [4.78, 5) is 24.6. The molecule has 0 aromatic heterocycles. The first-order chi connectivity index (χ1) is 12.9. The molecular formula is C19H19BrCl2N2O3. The highest BCUT2D eigenvalue weighted by atomic mass is 79.9. The van der Waals surface area contributed by atoms with Gasteiger partial charge in [0.15, 0.2) is 12.4 Å². The van der Waals surface area contributed by atoms with Crippen molar-refractivity contribution in [2.24, 2.45) is 0 Å². The molecular weight excluding hydrogens is 455 g/mol. The molecule has 5 nitrogen and oxygen atoms in total. The molecule has 2 aromatic carbocycles. The minimum absolute atomic E-state index is 0.233. The van der Waals surface area contributed by atoms with E-state index in [9.17, 15) is 9.59 Å².